The predicted molar refractivity (Wildman–Crippen MR) is 97.1 cm³/mol. The van der Waals surface area contributed by atoms with Crippen molar-refractivity contribution in [2.75, 3.05) is 0 Å². The van der Waals surface area contributed by atoms with Crippen LogP contribution in [-0.4, -0.2) is 10.9 Å². The molecule has 1 atom stereocenters. The molecule has 4 nitrogen and oxygen atoms in total. The van der Waals surface area contributed by atoms with Gasteiger partial charge in [0.25, 0.3) is 5.91 Å². The van der Waals surface area contributed by atoms with Gasteiger partial charge in [0, 0.05) is 10.9 Å². The van der Waals surface area contributed by atoms with Gasteiger partial charge in [-0.3, -0.25) is 4.79 Å². The molecule has 2 N–H and O–H groups in total. The normalized spacial score (nSPS) is 17.7. The number of amides is 1. The molecule has 0 fully saturated rings. The summed E-state index contributed by atoms with van der Waals surface area (Å²) < 4.78 is 13.4. The number of carbonyl (C=O) groups excluding carboxylic acids is 1. The molecule has 1 heterocycles. The topological polar surface area (TPSA) is 68.7 Å². The van der Waals surface area contributed by atoms with Gasteiger partial charge in [-0.1, -0.05) is 19.9 Å². The molecule has 1 aromatic heterocycles. The lowest BCUT2D eigenvalue weighted by Crippen LogP contribution is -2.35. The number of aromatic nitrogens is 1. The quantitative estimate of drug-likeness (QED) is 0.728. The number of hydrogen-bond donors (Lipinski definition) is 2. The highest BCUT2D eigenvalue weighted by Crippen LogP contribution is 2.45. The number of rotatable bonds is 2. The summed E-state index contributed by atoms with van der Waals surface area (Å²) in [6.07, 6.45) is 0.830. The second kappa shape index (κ2) is 5.70. The number of nitrogens with zero attached hydrogens (tertiary/aromatic N) is 1. The number of fused-ring (bicyclic) bond motifs is 2. The molecule has 0 radical (unpaired) electrons. The van der Waals surface area contributed by atoms with Crippen molar-refractivity contribution in [3.8, 4) is 6.07 Å². The third kappa shape index (κ3) is 2.64. The van der Waals surface area contributed by atoms with Crippen LogP contribution in [0.2, 0.25) is 0 Å². The van der Waals surface area contributed by atoms with Gasteiger partial charge in [-0.05, 0) is 59.4 Å². The minimum atomic E-state index is -0.335. The van der Waals surface area contributed by atoms with E-state index in [1.807, 2.05) is 18.2 Å². The molecular formula is C21H18FN3O. The van der Waals surface area contributed by atoms with Gasteiger partial charge >= 0.3 is 0 Å². The molecule has 1 aliphatic carbocycles. The van der Waals surface area contributed by atoms with Crippen LogP contribution in [0.1, 0.15) is 47.1 Å². The number of nitriles is 1. The Bertz CT molecular complexity index is 1070. The SMILES string of the molecule is CC1(C)Cc2ccc(C#N)cc2C1NC(=O)c1cc2cc(F)ccc2[nH]1. The number of nitrogens with one attached hydrogen (secondary N) is 2. The lowest BCUT2D eigenvalue weighted by atomic mass is 9.85. The number of H-pyrrole nitrogens is 1. The lowest BCUT2D eigenvalue weighted by Gasteiger charge is -2.28. The Hall–Kier alpha value is -3.13. The Kier molecular flexibility index (Phi) is 3.58. The van der Waals surface area contributed by atoms with Crippen molar-refractivity contribution in [3.63, 3.8) is 0 Å². The molecule has 0 aliphatic heterocycles. The second-order valence-corrected chi connectivity index (χ2v) is 7.51. The zero-order valence-corrected chi connectivity index (χ0v) is 14.6. The molecule has 0 saturated carbocycles. The van der Waals surface area contributed by atoms with E-state index in [9.17, 15) is 14.4 Å². The van der Waals surface area contributed by atoms with E-state index in [-0.39, 0.29) is 23.2 Å². The van der Waals surface area contributed by atoms with Gasteiger partial charge in [0.2, 0.25) is 0 Å². The number of benzene rings is 2. The van der Waals surface area contributed by atoms with Crippen LogP contribution in [0.5, 0.6) is 0 Å². The average Bonchev–Trinajstić information content (AvgIpc) is 3.12. The molecule has 26 heavy (non-hydrogen) atoms. The summed E-state index contributed by atoms with van der Waals surface area (Å²) in [4.78, 5) is 15.8. The Morgan fingerprint density at radius 3 is 2.85 bits per heavy atom. The summed E-state index contributed by atoms with van der Waals surface area (Å²) in [7, 11) is 0. The summed E-state index contributed by atoms with van der Waals surface area (Å²) in [5.74, 6) is -0.576. The van der Waals surface area contributed by atoms with E-state index in [1.54, 1.807) is 12.1 Å². The van der Waals surface area contributed by atoms with Gasteiger partial charge in [0.05, 0.1) is 17.7 Å². The summed E-state index contributed by atoms with van der Waals surface area (Å²) in [6, 6.07) is 13.6. The number of aromatic amines is 1. The molecule has 2 aromatic carbocycles. The van der Waals surface area contributed by atoms with Crippen molar-refractivity contribution < 1.29 is 9.18 Å². The van der Waals surface area contributed by atoms with Gasteiger partial charge in [0.15, 0.2) is 0 Å². The third-order valence-corrected chi connectivity index (χ3v) is 5.12. The Morgan fingerprint density at radius 2 is 2.08 bits per heavy atom. The van der Waals surface area contributed by atoms with Crippen LogP contribution in [0.4, 0.5) is 4.39 Å². The molecular weight excluding hydrogens is 329 g/mol. The van der Waals surface area contributed by atoms with Crippen molar-refractivity contribution in [3.05, 3.63) is 70.7 Å². The fourth-order valence-corrected chi connectivity index (χ4v) is 3.82. The Labute approximate surface area is 150 Å². The van der Waals surface area contributed by atoms with E-state index in [0.29, 0.717) is 16.6 Å². The van der Waals surface area contributed by atoms with E-state index in [1.165, 1.54) is 12.1 Å². The highest BCUT2D eigenvalue weighted by atomic mass is 19.1. The molecule has 3 aromatic rings. The first-order valence-electron chi connectivity index (χ1n) is 8.49. The molecule has 130 valence electrons. The molecule has 5 heteroatoms. The Morgan fingerprint density at radius 1 is 1.27 bits per heavy atom. The van der Waals surface area contributed by atoms with Crippen LogP contribution in [0.15, 0.2) is 42.5 Å². The fourth-order valence-electron chi connectivity index (χ4n) is 3.82. The van der Waals surface area contributed by atoms with Crippen molar-refractivity contribution in [1.82, 2.24) is 10.3 Å². The smallest absolute Gasteiger partial charge is 0.268 e. The van der Waals surface area contributed by atoms with Crippen molar-refractivity contribution in [2.24, 2.45) is 5.41 Å². The Balaban J connectivity index is 1.67. The van der Waals surface area contributed by atoms with Crippen molar-refractivity contribution in [2.45, 2.75) is 26.3 Å². The van der Waals surface area contributed by atoms with Crippen LogP contribution in [0.25, 0.3) is 10.9 Å². The summed E-state index contributed by atoms with van der Waals surface area (Å²) in [5, 5.41) is 12.9. The van der Waals surface area contributed by atoms with E-state index >= 15 is 0 Å². The average molecular weight is 347 g/mol. The summed E-state index contributed by atoms with van der Waals surface area (Å²) in [6.45, 7) is 4.20. The number of halogens is 1. The molecule has 0 spiro atoms. The van der Waals surface area contributed by atoms with Crippen molar-refractivity contribution >= 4 is 16.8 Å². The first-order chi connectivity index (χ1) is 12.4. The number of carbonyl (C=O) groups is 1. The maximum absolute atomic E-state index is 13.4. The molecule has 4 rings (SSSR count). The zero-order valence-electron chi connectivity index (χ0n) is 14.6. The van der Waals surface area contributed by atoms with E-state index < -0.39 is 0 Å². The molecule has 1 unspecified atom stereocenters. The van der Waals surface area contributed by atoms with E-state index in [0.717, 1.165) is 23.1 Å². The van der Waals surface area contributed by atoms with E-state index in [2.05, 4.69) is 30.2 Å². The number of hydrogen-bond acceptors (Lipinski definition) is 2. The maximum atomic E-state index is 13.4. The van der Waals surface area contributed by atoms with Gasteiger partial charge in [0.1, 0.15) is 11.5 Å². The molecule has 1 amide bonds. The van der Waals surface area contributed by atoms with Crippen LogP contribution < -0.4 is 5.32 Å². The van der Waals surface area contributed by atoms with E-state index in [4.69, 9.17) is 0 Å². The van der Waals surface area contributed by atoms with Crippen LogP contribution in [0, 0.1) is 22.6 Å². The second-order valence-electron chi connectivity index (χ2n) is 7.51. The van der Waals surface area contributed by atoms with Crippen LogP contribution in [-0.2, 0) is 6.42 Å². The van der Waals surface area contributed by atoms with Gasteiger partial charge < -0.3 is 10.3 Å². The highest BCUT2D eigenvalue weighted by Gasteiger charge is 2.40. The standard InChI is InChI=1S/C21H18FN3O/c1-21(2)10-13-4-3-12(11-23)7-16(13)19(21)25-20(26)18-9-14-8-15(22)5-6-17(14)24-18/h3-9,19,24H,10H2,1-2H3,(H,25,26). The van der Waals surface area contributed by atoms with Gasteiger partial charge in [-0.2, -0.15) is 5.26 Å². The zero-order chi connectivity index (χ0) is 18.5. The minimum absolute atomic E-state index is 0.163. The molecule has 1 aliphatic rings. The summed E-state index contributed by atoms with van der Waals surface area (Å²) >= 11 is 0. The molecule has 0 saturated heterocycles. The molecule has 0 bridgehead atoms. The fraction of sp³-hybridized carbons (Fsp3) is 0.238. The first-order valence-corrected chi connectivity index (χ1v) is 8.49. The predicted octanol–water partition coefficient (Wildman–Crippen LogP) is 4.23. The van der Waals surface area contributed by atoms with Crippen LogP contribution >= 0.6 is 0 Å². The van der Waals surface area contributed by atoms with Gasteiger partial charge in [-0.15, -0.1) is 0 Å². The third-order valence-electron chi connectivity index (χ3n) is 5.12. The van der Waals surface area contributed by atoms with Gasteiger partial charge in [-0.25, -0.2) is 4.39 Å². The van der Waals surface area contributed by atoms with Crippen LogP contribution in [0.3, 0.4) is 0 Å². The first kappa shape index (κ1) is 16.3. The summed E-state index contributed by atoms with van der Waals surface area (Å²) in [5.41, 5.74) is 3.68. The lowest BCUT2D eigenvalue weighted by molar-refractivity contribution is 0.0899. The highest BCUT2D eigenvalue weighted by molar-refractivity contribution is 5.98. The van der Waals surface area contributed by atoms with Crippen molar-refractivity contribution in [1.29, 1.82) is 5.26 Å². The minimum Gasteiger partial charge on any atom is -0.351 e. The monoisotopic (exact) mass is 347 g/mol. The largest absolute Gasteiger partial charge is 0.351 e. The maximum Gasteiger partial charge on any atom is 0.268 e.